The Kier molecular flexibility index (Phi) is 4.99. The predicted octanol–water partition coefficient (Wildman–Crippen LogP) is 1.99. The van der Waals surface area contributed by atoms with Crippen LogP contribution in [0.4, 0.5) is 5.69 Å². The fourth-order valence-corrected chi connectivity index (χ4v) is 2.96. The minimum absolute atomic E-state index is 0.115. The summed E-state index contributed by atoms with van der Waals surface area (Å²) in [6.07, 6.45) is 5.45. The molecule has 0 spiro atoms. The van der Waals surface area contributed by atoms with Gasteiger partial charge in [-0.2, -0.15) is 5.10 Å². The minimum Gasteiger partial charge on any atom is -0.393 e. The van der Waals surface area contributed by atoms with Gasteiger partial charge in [-0.1, -0.05) is 6.42 Å². The number of hydrogen-bond donors (Lipinski definition) is 2. The number of nitrogens with zero attached hydrogens (tertiary/aromatic N) is 2. The highest BCUT2D eigenvalue weighted by Crippen LogP contribution is 2.25. The van der Waals surface area contributed by atoms with E-state index >= 15 is 0 Å². The molecule has 0 bridgehead atoms. The van der Waals surface area contributed by atoms with Gasteiger partial charge in [-0.05, 0) is 48.0 Å². The molecule has 0 radical (unpaired) electrons. The van der Waals surface area contributed by atoms with Crippen LogP contribution in [0.25, 0.3) is 0 Å². The van der Waals surface area contributed by atoms with Crippen LogP contribution >= 0.6 is 15.9 Å². The van der Waals surface area contributed by atoms with Gasteiger partial charge in [0.1, 0.15) is 4.47 Å². The maximum Gasteiger partial charge on any atom is 0.283 e. The van der Waals surface area contributed by atoms with Crippen LogP contribution in [0.15, 0.2) is 15.5 Å². The third-order valence-corrected chi connectivity index (χ3v) is 4.39. The van der Waals surface area contributed by atoms with Gasteiger partial charge >= 0.3 is 0 Å². The molecule has 1 aromatic rings. The normalized spacial score (nSPS) is 23.3. The van der Waals surface area contributed by atoms with E-state index in [1.54, 1.807) is 6.20 Å². The van der Waals surface area contributed by atoms with Crippen LogP contribution in [0, 0.1) is 5.92 Å². The van der Waals surface area contributed by atoms with Gasteiger partial charge in [-0.25, -0.2) is 4.68 Å². The molecule has 2 unspecified atom stereocenters. The largest absolute Gasteiger partial charge is 0.393 e. The van der Waals surface area contributed by atoms with Gasteiger partial charge < -0.3 is 10.4 Å². The number of anilines is 1. The Morgan fingerprint density at radius 2 is 2.37 bits per heavy atom. The zero-order valence-electron chi connectivity index (χ0n) is 11.1. The molecule has 19 heavy (non-hydrogen) atoms. The number of hydrogen-bond acceptors (Lipinski definition) is 4. The highest BCUT2D eigenvalue weighted by molar-refractivity contribution is 9.10. The summed E-state index contributed by atoms with van der Waals surface area (Å²) in [6.45, 7) is 3.22. The Morgan fingerprint density at radius 1 is 1.58 bits per heavy atom. The molecule has 2 rings (SSSR count). The summed E-state index contributed by atoms with van der Waals surface area (Å²) in [7, 11) is 0. The minimum atomic E-state index is -0.171. The molecule has 1 aliphatic carbocycles. The number of aryl methyl sites for hydroxylation is 1. The van der Waals surface area contributed by atoms with E-state index < -0.39 is 0 Å². The van der Waals surface area contributed by atoms with E-state index in [0.29, 0.717) is 16.9 Å². The smallest absolute Gasteiger partial charge is 0.283 e. The van der Waals surface area contributed by atoms with Crippen molar-refractivity contribution in [2.45, 2.75) is 45.3 Å². The highest BCUT2D eigenvalue weighted by Gasteiger charge is 2.20. The highest BCUT2D eigenvalue weighted by atomic mass is 79.9. The average molecular weight is 330 g/mol. The fourth-order valence-electron chi connectivity index (χ4n) is 2.52. The first kappa shape index (κ1) is 14.5. The van der Waals surface area contributed by atoms with Gasteiger partial charge in [0.05, 0.1) is 18.0 Å². The summed E-state index contributed by atoms with van der Waals surface area (Å²) in [4.78, 5) is 11.9. The summed E-state index contributed by atoms with van der Waals surface area (Å²) in [5.41, 5.74) is 0.617. The Balaban J connectivity index is 2.00. The maximum atomic E-state index is 11.9. The second kappa shape index (κ2) is 6.52. The topological polar surface area (TPSA) is 67.2 Å². The summed E-state index contributed by atoms with van der Waals surface area (Å²) in [5, 5.41) is 17.0. The number of aromatic nitrogens is 2. The SMILES string of the molecule is CCn1ncc(NCC2CCCC(O)C2)c(Br)c1=O. The van der Waals surface area contributed by atoms with E-state index in [-0.39, 0.29) is 11.7 Å². The van der Waals surface area contributed by atoms with Gasteiger partial charge in [0.25, 0.3) is 5.56 Å². The molecule has 1 heterocycles. The zero-order valence-corrected chi connectivity index (χ0v) is 12.7. The molecule has 2 N–H and O–H groups in total. The lowest BCUT2D eigenvalue weighted by Gasteiger charge is -2.26. The van der Waals surface area contributed by atoms with Crippen molar-refractivity contribution < 1.29 is 5.11 Å². The molecular formula is C13H20BrN3O2. The molecule has 0 aromatic carbocycles. The van der Waals surface area contributed by atoms with Gasteiger partial charge in [0.15, 0.2) is 0 Å². The number of aliphatic hydroxyl groups is 1. The van der Waals surface area contributed by atoms with Crippen LogP contribution in [-0.4, -0.2) is 27.5 Å². The Hall–Kier alpha value is -0.880. The number of nitrogens with one attached hydrogen (secondary N) is 1. The zero-order chi connectivity index (χ0) is 13.8. The van der Waals surface area contributed by atoms with Crippen molar-refractivity contribution in [3.63, 3.8) is 0 Å². The van der Waals surface area contributed by atoms with Crippen LogP contribution in [-0.2, 0) is 6.54 Å². The fraction of sp³-hybridized carbons (Fsp3) is 0.692. The number of halogens is 1. The lowest BCUT2D eigenvalue weighted by molar-refractivity contribution is 0.105. The number of rotatable bonds is 4. The maximum absolute atomic E-state index is 11.9. The molecule has 106 valence electrons. The van der Waals surface area contributed by atoms with E-state index in [1.807, 2.05) is 6.92 Å². The van der Waals surface area contributed by atoms with Gasteiger partial charge in [-0.3, -0.25) is 4.79 Å². The van der Waals surface area contributed by atoms with Crippen LogP contribution in [0.5, 0.6) is 0 Å². The molecule has 2 atom stereocenters. The quantitative estimate of drug-likeness (QED) is 0.886. The first-order valence-electron chi connectivity index (χ1n) is 6.79. The lowest BCUT2D eigenvalue weighted by Crippen LogP contribution is -2.27. The average Bonchev–Trinajstić information content (AvgIpc) is 2.41. The van der Waals surface area contributed by atoms with Crippen LogP contribution in [0.3, 0.4) is 0 Å². The van der Waals surface area contributed by atoms with Crippen molar-refractivity contribution >= 4 is 21.6 Å². The van der Waals surface area contributed by atoms with E-state index in [2.05, 4.69) is 26.3 Å². The molecule has 6 heteroatoms. The van der Waals surface area contributed by atoms with Gasteiger partial charge in [0, 0.05) is 13.1 Å². The second-order valence-electron chi connectivity index (χ2n) is 5.06. The molecule has 1 aromatic heterocycles. The molecular weight excluding hydrogens is 310 g/mol. The van der Waals surface area contributed by atoms with Crippen molar-refractivity contribution in [2.75, 3.05) is 11.9 Å². The summed E-state index contributed by atoms with van der Waals surface area (Å²) in [5.74, 6) is 0.462. The van der Waals surface area contributed by atoms with Crippen molar-refractivity contribution in [1.82, 2.24) is 9.78 Å². The Bertz CT molecular complexity index is 489. The third kappa shape index (κ3) is 3.57. The van der Waals surface area contributed by atoms with E-state index in [1.165, 1.54) is 4.68 Å². The first-order chi connectivity index (χ1) is 9.11. The predicted molar refractivity (Wildman–Crippen MR) is 78.3 cm³/mol. The van der Waals surface area contributed by atoms with E-state index in [0.717, 1.165) is 37.9 Å². The summed E-state index contributed by atoms with van der Waals surface area (Å²) in [6, 6.07) is 0. The third-order valence-electron chi connectivity index (χ3n) is 3.62. The molecule has 1 fully saturated rings. The van der Waals surface area contributed by atoms with Crippen LogP contribution in [0.2, 0.25) is 0 Å². The molecule has 1 aliphatic rings. The molecule has 0 amide bonds. The molecule has 1 saturated carbocycles. The van der Waals surface area contributed by atoms with Crippen LogP contribution < -0.4 is 10.9 Å². The van der Waals surface area contributed by atoms with E-state index in [9.17, 15) is 9.90 Å². The van der Waals surface area contributed by atoms with Crippen LogP contribution in [0.1, 0.15) is 32.6 Å². The van der Waals surface area contributed by atoms with E-state index in [4.69, 9.17) is 0 Å². The van der Waals surface area contributed by atoms with Crippen molar-refractivity contribution in [3.8, 4) is 0 Å². The number of aliphatic hydroxyl groups excluding tert-OH is 1. The molecule has 5 nitrogen and oxygen atoms in total. The van der Waals surface area contributed by atoms with Crippen molar-refractivity contribution in [2.24, 2.45) is 5.92 Å². The monoisotopic (exact) mass is 329 g/mol. The molecule has 0 aliphatic heterocycles. The summed E-state index contributed by atoms with van der Waals surface area (Å²) < 4.78 is 1.94. The Morgan fingerprint density at radius 3 is 3.05 bits per heavy atom. The second-order valence-corrected chi connectivity index (χ2v) is 5.85. The molecule has 0 saturated heterocycles. The van der Waals surface area contributed by atoms with Crippen molar-refractivity contribution in [3.05, 3.63) is 21.0 Å². The van der Waals surface area contributed by atoms with Gasteiger partial charge in [-0.15, -0.1) is 0 Å². The lowest BCUT2D eigenvalue weighted by atomic mass is 9.87. The summed E-state index contributed by atoms with van der Waals surface area (Å²) >= 11 is 3.32. The van der Waals surface area contributed by atoms with Gasteiger partial charge in [0.2, 0.25) is 0 Å². The standard InChI is InChI=1S/C13H20BrN3O2/c1-2-17-13(19)12(14)11(8-16-17)15-7-9-4-3-5-10(18)6-9/h8-10,15,18H,2-7H2,1H3. The van der Waals surface area contributed by atoms with Crippen molar-refractivity contribution in [1.29, 1.82) is 0 Å². The first-order valence-corrected chi connectivity index (χ1v) is 7.58. The Labute approximate surface area is 121 Å².